The van der Waals surface area contributed by atoms with E-state index < -0.39 is 6.04 Å². The predicted molar refractivity (Wildman–Crippen MR) is 142 cm³/mol. The van der Waals surface area contributed by atoms with Crippen LogP contribution in [0, 0.1) is 13.8 Å². The van der Waals surface area contributed by atoms with E-state index in [1.807, 2.05) is 69.3 Å². The molecular formula is C29H28N4O4. The topological polar surface area (TPSA) is 89.7 Å². The highest BCUT2D eigenvalue weighted by Gasteiger charge is 2.36. The molecule has 8 heteroatoms. The molecular weight excluding hydrogens is 468 g/mol. The molecule has 0 saturated carbocycles. The maximum Gasteiger partial charge on any atom is 0.327 e. The van der Waals surface area contributed by atoms with E-state index in [1.165, 1.54) is 0 Å². The van der Waals surface area contributed by atoms with Crippen molar-refractivity contribution in [1.82, 2.24) is 15.5 Å². The lowest BCUT2D eigenvalue weighted by Gasteiger charge is -2.35. The Hall–Kier alpha value is -4.59. The van der Waals surface area contributed by atoms with E-state index in [-0.39, 0.29) is 6.03 Å². The van der Waals surface area contributed by atoms with Crippen LogP contribution in [-0.2, 0) is 0 Å². The van der Waals surface area contributed by atoms with Crippen molar-refractivity contribution in [2.45, 2.75) is 26.8 Å². The number of allylic oxidation sites excluding steroid dienone is 1. The van der Waals surface area contributed by atoms with E-state index >= 15 is 0 Å². The minimum Gasteiger partial charge on any atom is -0.497 e. The monoisotopic (exact) mass is 496 g/mol. The van der Waals surface area contributed by atoms with Gasteiger partial charge in [0.1, 0.15) is 11.5 Å². The van der Waals surface area contributed by atoms with Gasteiger partial charge in [0.05, 0.1) is 31.5 Å². The summed E-state index contributed by atoms with van der Waals surface area (Å²) in [4.78, 5) is 19.8. The Bertz CT molecular complexity index is 1450. The summed E-state index contributed by atoms with van der Waals surface area (Å²) in [7, 11) is 3.14. The maximum absolute atomic E-state index is 13.5. The molecule has 0 bridgehead atoms. The van der Waals surface area contributed by atoms with Crippen molar-refractivity contribution in [2.24, 2.45) is 0 Å². The highest BCUT2D eigenvalue weighted by Crippen LogP contribution is 2.40. The number of amides is 2. The number of hydrogen-bond acceptors (Lipinski definition) is 6. The van der Waals surface area contributed by atoms with Crippen LogP contribution in [0.1, 0.15) is 35.5 Å². The van der Waals surface area contributed by atoms with Crippen LogP contribution < -0.4 is 19.7 Å². The van der Waals surface area contributed by atoms with Gasteiger partial charge in [-0.25, -0.2) is 4.79 Å². The minimum atomic E-state index is -0.483. The zero-order chi connectivity index (χ0) is 26.1. The fourth-order valence-electron chi connectivity index (χ4n) is 4.41. The number of rotatable bonds is 6. The third kappa shape index (κ3) is 4.65. The van der Waals surface area contributed by atoms with E-state index in [9.17, 15) is 4.79 Å². The summed E-state index contributed by atoms with van der Waals surface area (Å²) >= 11 is 0. The lowest BCUT2D eigenvalue weighted by atomic mass is 9.94. The predicted octanol–water partition coefficient (Wildman–Crippen LogP) is 6.07. The van der Waals surface area contributed by atoms with Crippen LogP contribution in [0.4, 0.5) is 10.5 Å². The largest absolute Gasteiger partial charge is 0.497 e. The lowest BCUT2D eigenvalue weighted by molar-refractivity contribution is 0.244. The second-order valence-electron chi connectivity index (χ2n) is 8.99. The van der Waals surface area contributed by atoms with Crippen LogP contribution in [-0.4, -0.2) is 30.4 Å². The fourth-order valence-corrected chi connectivity index (χ4v) is 4.41. The molecule has 0 radical (unpaired) electrons. The summed E-state index contributed by atoms with van der Waals surface area (Å²) in [5, 5.41) is 7.38. The van der Waals surface area contributed by atoms with E-state index in [4.69, 9.17) is 19.0 Å². The van der Waals surface area contributed by atoms with Gasteiger partial charge in [0, 0.05) is 29.5 Å². The van der Waals surface area contributed by atoms with Gasteiger partial charge in [0.15, 0.2) is 0 Å². The average molecular weight is 497 g/mol. The Labute approximate surface area is 215 Å². The van der Waals surface area contributed by atoms with E-state index in [0.717, 1.165) is 22.3 Å². The Kier molecular flexibility index (Phi) is 6.40. The Morgan fingerprint density at radius 3 is 2.05 bits per heavy atom. The van der Waals surface area contributed by atoms with Gasteiger partial charge in [-0.15, -0.1) is 0 Å². The van der Waals surface area contributed by atoms with Gasteiger partial charge in [-0.3, -0.25) is 4.90 Å². The summed E-state index contributed by atoms with van der Waals surface area (Å²) in [5.41, 5.74) is 5.97. The zero-order valence-electron chi connectivity index (χ0n) is 21.4. The van der Waals surface area contributed by atoms with Gasteiger partial charge in [-0.1, -0.05) is 64.8 Å². The highest BCUT2D eigenvalue weighted by molar-refractivity contribution is 6.01. The summed E-state index contributed by atoms with van der Waals surface area (Å²) in [6, 6.07) is 20.5. The number of carbonyl (C=O) groups is 1. The molecule has 0 saturated heterocycles. The molecule has 37 heavy (non-hydrogen) atoms. The first-order chi connectivity index (χ1) is 17.9. The molecule has 3 aromatic carbocycles. The van der Waals surface area contributed by atoms with Crippen molar-refractivity contribution in [2.75, 3.05) is 19.1 Å². The first kappa shape index (κ1) is 24.1. The number of carbonyl (C=O) groups excluding carboxylic acids is 1. The Morgan fingerprint density at radius 2 is 1.46 bits per heavy atom. The summed E-state index contributed by atoms with van der Waals surface area (Å²) in [6.07, 6.45) is 0. The van der Waals surface area contributed by atoms with Crippen molar-refractivity contribution in [3.05, 3.63) is 95.0 Å². The van der Waals surface area contributed by atoms with E-state index in [0.29, 0.717) is 40.2 Å². The Morgan fingerprint density at radius 1 is 0.865 bits per heavy atom. The minimum absolute atomic E-state index is 0.291. The van der Waals surface area contributed by atoms with Crippen molar-refractivity contribution >= 4 is 17.3 Å². The molecule has 1 aliphatic rings. The van der Waals surface area contributed by atoms with Crippen LogP contribution >= 0.6 is 0 Å². The second-order valence-corrected chi connectivity index (χ2v) is 8.99. The normalized spacial score (nSPS) is 15.5. The number of aryl methyl sites for hydroxylation is 2. The second kappa shape index (κ2) is 9.81. The molecule has 4 aromatic rings. The van der Waals surface area contributed by atoms with Crippen molar-refractivity contribution in [3.63, 3.8) is 0 Å². The number of hydrogen-bond donors (Lipinski definition) is 1. The average Bonchev–Trinajstić information content (AvgIpc) is 3.38. The Balaban J connectivity index is 1.66. The lowest BCUT2D eigenvalue weighted by Crippen LogP contribution is -2.46. The number of nitrogens with one attached hydrogen (secondary N) is 1. The van der Waals surface area contributed by atoms with Crippen LogP contribution in [0.25, 0.3) is 17.0 Å². The van der Waals surface area contributed by atoms with Gasteiger partial charge < -0.3 is 19.3 Å². The first-order valence-electron chi connectivity index (χ1n) is 11.9. The van der Waals surface area contributed by atoms with E-state index in [2.05, 4.69) is 10.5 Å². The van der Waals surface area contributed by atoms with Crippen molar-refractivity contribution in [3.8, 4) is 22.9 Å². The smallest absolute Gasteiger partial charge is 0.327 e. The SMILES string of the molecule is COc1cc(OC)cc(N2C(=O)NC(c3ccc(C)cc3)C(c3nc(-c4ccc(C)cc4)no3)=C2C)c1. The molecule has 1 aromatic heterocycles. The molecule has 2 heterocycles. The third-order valence-corrected chi connectivity index (χ3v) is 6.46. The number of methoxy groups -OCH3 is 2. The molecule has 8 nitrogen and oxygen atoms in total. The van der Waals surface area contributed by atoms with Crippen LogP contribution in [0.3, 0.4) is 0 Å². The molecule has 1 atom stereocenters. The van der Waals surface area contributed by atoms with Crippen LogP contribution in [0.15, 0.2) is 77.0 Å². The number of nitrogens with zero attached hydrogens (tertiary/aromatic N) is 3. The maximum atomic E-state index is 13.5. The number of anilines is 1. The molecule has 0 fully saturated rings. The van der Waals surface area contributed by atoms with Crippen LogP contribution in [0.2, 0.25) is 0 Å². The van der Waals surface area contributed by atoms with Crippen molar-refractivity contribution in [1.29, 1.82) is 0 Å². The summed E-state index contributed by atoms with van der Waals surface area (Å²) in [6.45, 7) is 5.92. The number of urea groups is 1. The van der Waals surface area contributed by atoms with Gasteiger partial charge in [-0.2, -0.15) is 4.98 Å². The summed E-state index contributed by atoms with van der Waals surface area (Å²) < 4.78 is 16.7. The van der Waals surface area contributed by atoms with Crippen LogP contribution in [0.5, 0.6) is 11.5 Å². The molecule has 1 unspecified atom stereocenters. The molecule has 1 N–H and O–H groups in total. The molecule has 5 rings (SSSR count). The fraction of sp³-hybridized carbons (Fsp3) is 0.207. The molecule has 2 amide bonds. The van der Waals surface area contributed by atoms with Crippen molar-refractivity contribution < 1.29 is 18.8 Å². The first-order valence-corrected chi connectivity index (χ1v) is 11.9. The number of ether oxygens (including phenoxy) is 2. The quantitative estimate of drug-likeness (QED) is 0.348. The van der Waals surface area contributed by atoms with Gasteiger partial charge in [-0.05, 0) is 26.3 Å². The van der Waals surface area contributed by atoms with Gasteiger partial charge in [0.25, 0.3) is 5.89 Å². The number of benzene rings is 3. The molecule has 188 valence electrons. The van der Waals surface area contributed by atoms with E-state index in [1.54, 1.807) is 37.3 Å². The standard InChI is InChI=1S/C29H28N4O4/c1-17-6-10-20(11-7-17)26-25(28-31-27(32-37-28)21-12-8-18(2)9-13-21)19(3)33(29(34)30-26)22-14-23(35-4)16-24(15-22)36-5/h6-16,26H,1-5H3,(H,30,34). The molecule has 0 spiro atoms. The third-order valence-electron chi connectivity index (χ3n) is 6.46. The number of aromatic nitrogens is 2. The summed E-state index contributed by atoms with van der Waals surface area (Å²) in [5.74, 6) is 1.94. The molecule has 0 aliphatic carbocycles. The molecule has 1 aliphatic heterocycles. The highest BCUT2D eigenvalue weighted by atomic mass is 16.5. The zero-order valence-corrected chi connectivity index (χ0v) is 21.4. The van der Waals surface area contributed by atoms with Gasteiger partial charge in [0.2, 0.25) is 5.82 Å². The van der Waals surface area contributed by atoms with Gasteiger partial charge >= 0.3 is 6.03 Å².